The Hall–Kier alpha value is -1.60. The summed E-state index contributed by atoms with van der Waals surface area (Å²) in [5, 5.41) is 13.1. The molecule has 0 saturated heterocycles. The van der Waals surface area contributed by atoms with E-state index in [4.69, 9.17) is 0 Å². The second-order valence-electron chi connectivity index (χ2n) is 5.74. The molecule has 0 amide bonds. The molecule has 0 bridgehead atoms. The second kappa shape index (κ2) is 6.23. The molecule has 0 heterocycles. The van der Waals surface area contributed by atoms with E-state index in [2.05, 4.69) is 42.5 Å². The van der Waals surface area contributed by atoms with Crippen LogP contribution in [0.15, 0.2) is 54.1 Å². The Labute approximate surface area is 120 Å². The fraction of sp³-hybridized carbons (Fsp3) is 0.368. The lowest BCUT2D eigenvalue weighted by Gasteiger charge is -2.18. The lowest BCUT2D eigenvalue weighted by Crippen LogP contribution is -2.03. The number of aliphatic hydroxyl groups excluding tert-OH is 1. The predicted octanol–water partition coefficient (Wildman–Crippen LogP) is 5.15. The average molecular weight is 266 g/mol. The van der Waals surface area contributed by atoms with Crippen molar-refractivity contribution in [3.05, 3.63) is 59.7 Å². The molecule has 1 heteroatoms. The first-order valence-corrected chi connectivity index (χ1v) is 7.70. The van der Waals surface area contributed by atoms with E-state index in [0.717, 1.165) is 18.4 Å². The largest absolute Gasteiger partial charge is 0.384 e. The van der Waals surface area contributed by atoms with Gasteiger partial charge in [0, 0.05) is 0 Å². The summed E-state index contributed by atoms with van der Waals surface area (Å²) in [5.74, 6) is 0. The number of hydrogen-bond donors (Lipinski definition) is 1. The van der Waals surface area contributed by atoms with Gasteiger partial charge in [-0.3, -0.25) is 0 Å². The topological polar surface area (TPSA) is 20.2 Å². The summed E-state index contributed by atoms with van der Waals surface area (Å²) in [6.45, 7) is 0. The lowest BCUT2D eigenvalue weighted by atomic mass is 9.92. The summed E-state index contributed by atoms with van der Waals surface area (Å²) < 4.78 is 0. The van der Waals surface area contributed by atoms with Crippen molar-refractivity contribution in [3.63, 3.8) is 0 Å². The minimum Gasteiger partial charge on any atom is -0.384 e. The van der Waals surface area contributed by atoms with Gasteiger partial charge in [-0.2, -0.15) is 0 Å². The zero-order chi connectivity index (χ0) is 13.8. The van der Waals surface area contributed by atoms with Gasteiger partial charge in [0.05, 0.1) is 0 Å². The third-order valence-electron chi connectivity index (χ3n) is 4.27. The van der Waals surface area contributed by atoms with Crippen molar-refractivity contribution in [2.75, 3.05) is 0 Å². The highest BCUT2D eigenvalue weighted by molar-refractivity contribution is 5.83. The van der Waals surface area contributed by atoms with Crippen LogP contribution < -0.4 is 0 Å². The quantitative estimate of drug-likeness (QED) is 0.745. The van der Waals surface area contributed by atoms with Gasteiger partial charge in [0.15, 0.2) is 0 Å². The number of allylic oxidation sites excluding steroid dienone is 1. The van der Waals surface area contributed by atoms with Crippen molar-refractivity contribution in [2.24, 2.45) is 0 Å². The normalized spacial score (nSPS) is 20.8. The summed E-state index contributed by atoms with van der Waals surface area (Å²) in [5.41, 5.74) is 2.23. The molecule has 1 aliphatic carbocycles. The van der Waals surface area contributed by atoms with Crippen molar-refractivity contribution in [1.82, 2.24) is 0 Å². The van der Waals surface area contributed by atoms with E-state index in [1.807, 2.05) is 6.07 Å². The Morgan fingerprint density at radius 1 is 0.850 bits per heavy atom. The van der Waals surface area contributed by atoms with Crippen LogP contribution in [0.2, 0.25) is 0 Å². The summed E-state index contributed by atoms with van der Waals surface area (Å²) in [7, 11) is 0. The van der Waals surface area contributed by atoms with E-state index in [0.29, 0.717) is 0 Å². The van der Waals surface area contributed by atoms with Crippen LogP contribution in [-0.2, 0) is 0 Å². The number of aliphatic hydroxyl groups is 1. The smallest absolute Gasteiger partial charge is 0.100 e. The molecule has 1 atom stereocenters. The van der Waals surface area contributed by atoms with Gasteiger partial charge in [0.25, 0.3) is 0 Å². The lowest BCUT2D eigenvalue weighted by molar-refractivity contribution is 0.209. The van der Waals surface area contributed by atoms with Crippen LogP contribution in [0.4, 0.5) is 0 Å². The maximum atomic E-state index is 10.7. The van der Waals surface area contributed by atoms with Crippen LogP contribution in [0.5, 0.6) is 0 Å². The molecular weight excluding hydrogens is 244 g/mol. The van der Waals surface area contributed by atoms with Crippen LogP contribution in [-0.4, -0.2) is 5.11 Å². The number of fused-ring (bicyclic) bond motifs is 1. The van der Waals surface area contributed by atoms with E-state index >= 15 is 0 Å². The summed E-state index contributed by atoms with van der Waals surface area (Å²) >= 11 is 0. The summed E-state index contributed by atoms with van der Waals surface area (Å²) in [4.78, 5) is 0. The monoisotopic (exact) mass is 266 g/mol. The van der Waals surface area contributed by atoms with Gasteiger partial charge in [-0.1, -0.05) is 55.3 Å². The van der Waals surface area contributed by atoms with Crippen LogP contribution in [0, 0.1) is 0 Å². The Morgan fingerprint density at radius 2 is 1.65 bits per heavy atom. The van der Waals surface area contributed by atoms with Crippen LogP contribution in [0.25, 0.3) is 10.8 Å². The Balaban J connectivity index is 1.88. The minimum absolute atomic E-state index is 0.433. The average Bonchev–Trinajstić information content (AvgIpc) is 2.46. The molecule has 2 aromatic carbocycles. The number of rotatable bonds is 2. The van der Waals surface area contributed by atoms with Gasteiger partial charge in [-0.15, -0.1) is 0 Å². The SMILES string of the molecule is OC(/C1=C/CCCCCC1)c1ccc2ccccc2c1. The van der Waals surface area contributed by atoms with Crippen molar-refractivity contribution in [2.45, 2.75) is 44.6 Å². The first-order valence-electron chi connectivity index (χ1n) is 7.70. The standard InChI is InChI=1S/C19H22O/c20-19(16-9-4-2-1-3-5-10-16)18-13-12-15-8-6-7-11-17(15)14-18/h6-9,11-14,19-20H,1-5,10H2/b16-9+. The van der Waals surface area contributed by atoms with Gasteiger partial charge in [0.2, 0.25) is 0 Å². The predicted molar refractivity (Wildman–Crippen MR) is 84.7 cm³/mol. The van der Waals surface area contributed by atoms with Gasteiger partial charge in [-0.05, 0) is 53.7 Å². The molecule has 1 nitrogen and oxygen atoms in total. The maximum Gasteiger partial charge on any atom is 0.100 e. The first kappa shape index (κ1) is 13.4. The number of hydrogen-bond acceptors (Lipinski definition) is 1. The highest BCUT2D eigenvalue weighted by Crippen LogP contribution is 2.30. The zero-order valence-corrected chi connectivity index (χ0v) is 11.9. The molecule has 1 aliphatic rings. The van der Waals surface area contributed by atoms with E-state index in [1.54, 1.807) is 0 Å². The second-order valence-corrected chi connectivity index (χ2v) is 5.74. The third-order valence-corrected chi connectivity index (χ3v) is 4.27. The van der Waals surface area contributed by atoms with Gasteiger partial charge in [-0.25, -0.2) is 0 Å². The molecule has 1 N–H and O–H groups in total. The fourth-order valence-corrected chi connectivity index (χ4v) is 3.06. The number of benzene rings is 2. The Bertz CT molecular complexity index is 612. The van der Waals surface area contributed by atoms with E-state index < -0.39 is 6.10 Å². The Morgan fingerprint density at radius 3 is 2.55 bits per heavy atom. The fourth-order valence-electron chi connectivity index (χ4n) is 3.06. The van der Waals surface area contributed by atoms with Gasteiger partial charge < -0.3 is 5.11 Å². The molecular formula is C19H22O. The highest BCUT2D eigenvalue weighted by atomic mass is 16.3. The molecule has 104 valence electrons. The van der Waals surface area contributed by atoms with Crippen LogP contribution in [0.1, 0.15) is 50.2 Å². The van der Waals surface area contributed by atoms with Crippen molar-refractivity contribution >= 4 is 10.8 Å². The third kappa shape index (κ3) is 2.94. The molecule has 0 spiro atoms. The zero-order valence-electron chi connectivity index (χ0n) is 11.9. The highest BCUT2D eigenvalue weighted by Gasteiger charge is 2.14. The molecule has 2 aromatic rings. The van der Waals surface area contributed by atoms with Gasteiger partial charge >= 0.3 is 0 Å². The molecule has 0 fully saturated rings. The maximum absolute atomic E-state index is 10.7. The van der Waals surface area contributed by atoms with Gasteiger partial charge in [0.1, 0.15) is 6.10 Å². The van der Waals surface area contributed by atoms with Crippen molar-refractivity contribution < 1.29 is 5.11 Å². The molecule has 0 aliphatic heterocycles. The van der Waals surface area contributed by atoms with Crippen molar-refractivity contribution in [3.8, 4) is 0 Å². The Kier molecular flexibility index (Phi) is 4.17. The minimum atomic E-state index is -0.433. The molecule has 0 saturated carbocycles. The van der Waals surface area contributed by atoms with Crippen LogP contribution in [0.3, 0.4) is 0 Å². The summed E-state index contributed by atoms with van der Waals surface area (Å²) in [6, 6.07) is 14.6. The van der Waals surface area contributed by atoms with Crippen molar-refractivity contribution in [1.29, 1.82) is 0 Å². The molecule has 20 heavy (non-hydrogen) atoms. The molecule has 0 radical (unpaired) electrons. The molecule has 0 aromatic heterocycles. The van der Waals surface area contributed by atoms with E-state index in [-0.39, 0.29) is 0 Å². The van der Waals surface area contributed by atoms with E-state index in [1.165, 1.54) is 42.0 Å². The molecule has 1 unspecified atom stereocenters. The first-order chi connectivity index (χ1) is 9.84. The molecule has 3 rings (SSSR count). The summed E-state index contributed by atoms with van der Waals surface area (Å²) in [6.07, 6.45) is 9.06. The van der Waals surface area contributed by atoms with Crippen LogP contribution >= 0.6 is 0 Å². The van der Waals surface area contributed by atoms with E-state index in [9.17, 15) is 5.11 Å².